The van der Waals surface area contributed by atoms with Crippen LogP contribution in [0, 0.1) is 6.92 Å². The molecule has 4 aromatic rings. The Morgan fingerprint density at radius 1 is 1.04 bits per heavy atom. The van der Waals surface area contributed by atoms with Crippen molar-refractivity contribution in [1.29, 1.82) is 0 Å². The topological polar surface area (TPSA) is 78.3 Å². The maximum Gasteiger partial charge on any atom is 0.248 e. The third-order valence-electron chi connectivity index (χ3n) is 4.18. The highest BCUT2D eigenvalue weighted by Crippen LogP contribution is 2.29. The Morgan fingerprint density at radius 2 is 1.88 bits per heavy atom. The standard InChI is InChI=1S/C21H16N2O3/c1-13-10-14(2-4-18(13)21(22)24)19-12-17(6-8-23-19)26-16-3-5-20-15(11-16)7-9-25-20/h2-12H,1H3,(H2,22,24). The van der Waals surface area contributed by atoms with Crippen molar-refractivity contribution in [2.45, 2.75) is 6.92 Å². The van der Waals surface area contributed by atoms with Gasteiger partial charge in [0.1, 0.15) is 17.1 Å². The maximum absolute atomic E-state index is 11.4. The number of furan rings is 1. The first kappa shape index (κ1) is 15.9. The smallest absolute Gasteiger partial charge is 0.248 e. The number of hydrogen-bond acceptors (Lipinski definition) is 4. The average molecular weight is 344 g/mol. The molecule has 0 aliphatic carbocycles. The number of rotatable bonds is 4. The minimum absolute atomic E-state index is 0.436. The van der Waals surface area contributed by atoms with Gasteiger partial charge in [0.05, 0.1) is 12.0 Å². The zero-order valence-corrected chi connectivity index (χ0v) is 14.1. The number of pyridine rings is 1. The number of carbonyl (C=O) groups is 1. The van der Waals surface area contributed by atoms with Crippen LogP contribution in [0.15, 0.2) is 71.5 Å². The molecule has 0 bridgehead atoms. The lowest BCUT2D eigenvalue weighted by Crippen LogP contribution is -2.12. The number of carbonyl (C=O) groups excluding carboxylic acids is 1. The highest BCUT2D eigenvalue weighted by molar-refractivity contribution is 5.94. The van der Waals surface area contributed by atoms with E-state index in [4.69, 9.17) is 14.9 Å². The molecule has 2 heterocycles. The number of nitrogens with two attached hydrogens (primary N) is 1. The van der Waals surface area contributed by atoms with E-state index in [1.54, 1.807) is 24.6 Å². The van der Waals surface area contributed by atoms with Crippen LogP contribution in [0.4, 0.5) is 0 Å². The van der Waals surface area contributed by atoms with Gasteiger partial charge in [-0.05, 0) is 55.0 Å². The minimum atomic E-state index is -0.436. The van der Waals surface area contributed by atoms with E-state index >= 15 is 0 Å². The van der Waals surface area contributed by atoms with Gasteiger partial charge in [0.25, 0.3) is 0 Å². The van der Waals surface area contributed by atoms with E-state index in [9.17, 15) is 4.79 Å². The normalized spacial score (nSPS) is 10.8. The van der Waals surface area contributed by atoms with Crippen molar-refractivity contribution < 1.29 is 13.9 Å². The first-order valence-electron chi connectivity index (χ1n) is 8.12. The molecule has 0 spiro atoms. The third kappa shape index (κ3) is 3.02. The monoisotopic (exact) mass is 344 g/mol. The van der Waals surface area contributed by atoms with Gasteiger partial charge >= 0.3 is 0 Å². The van der Waals surface area contributed by atoms with Crippen molar-refractivity contribution in [3.8, 4) is 22.8 Å². The Morgan fingerprint density at radius 3 is 2.69 bits per heavy atom. The number of amides is 1. The van der Waals surface area contributed by atoms with Gasteiger partial charge in [0, 0.05) is 28.8 Å². The van der Waals surface area contributed by atoms with Crippen molar-refractivity contribution in [1.82, 2.24) is 4.98 Å². The number of primary amides is 1. The predicted molar refractivity (Wildman–Crippen MR) is 99.2 cm³/mol. The predicted octanol–water partition coefficient (Wildman–Crippen LogP) is 4.69. The molecule has 2 N–H and O–H groups in total. The minimum Gasteiger partial charge on any atom is -0.464 e. The summed E-state index contributed by atoms with van der Waals surface area (Å²) < 4.78 is 11.3. The molecule has 0 radical (unpaired) electrons. The van der Waals surface area contributed by atoms with Crippen molar-refractivity contribution in [2.24, 2.45) is 5.73 Å². The summed E-state index contributed by atoms with van der Waals surface area (Å²) in [6.07, 6.45) is 3.34. The second-order valence-corrected chi connectivity index (χ2v) is 5.99. The molecule has 0 saturated heterocycles. The van der Waals surface area contributed by atoms with E-state index in [0.29, 0.717) is 11.3 Å². The fourth-order valence-corrected chi connectivity index (χ4v) is 2.88. The Bertz CT molecular complexity index is 1120. The number of aromatic nitrogens is 1. The summed E-state index contributed by atoms with van der Waals surface area (Å²) in [4.78, 5) is 15.8. The maximum atomic E-state index is 11.4. The Labute approximate surface area is 150 Å². The molecule has 5 nitrogen and oxygen atoms in total. The molecule has 26 heavy (non-hydrogen) atoms. The average Bonchev–Trinajstić information content (AvgIpc) is 3.09. The summed E-state index contributed by atoms with van der Waals surface area (Å²) in [5.41, 5.74) is 9.15. The van der Waals surface area contributed by atoms with Gasteiger partial charge < -0.3 is 14.9 Å². The van der Waals surface area contributed by atoms with Crippen LogP contribution in [0.3, 0.4) is 0 Å². The summed E-state index contributed by atoms with van der Waals surface area (Å²) in [5, 5.41) is 0.981. The molecular formula is C21H16N2O3. The fourth-order valence-electron chi connectivity index (χ4n) is 2.88. The van der Waals surface area contributed by atoms with Gasteiger partial charge in [0.15, 0.2) is 0 Å². The highest BCUT2D eigenvalue weighted by Gasteiger charge is 2.09. The number of nitrogens with zero attached hydrogens (tertiary/aromatic N) is 1. The molecule has 5 heteroatoms. The second kappa shape index (κ2) is 6.37. The lowest BCUT2D eigenvalue weighted by atomic mass is 10.0. The summed E-state index contributed by atoms with van der Waals surface area (Å²) in [5.74, 6) is 0.958. The van der Waals surface area contributed by atoms with Crippen LogP contribution in [0.2, 0.25) is 0 Å². The number of hydrogen-bond donors (Lipinski definition) is 1. The molecule has 0 unspecified atom stereocenters. The van der Waals surface area contributed by atoms with Gasteiger partial charge in [-0.1, -0.05) is 6.07 Å². The van der Waals surface area contributed by atoms with E-state index in [0.717, 1.165) is 33.5 Å². The summed E-state index contributed by atoms with van der Waals surface area (Å²) >= 11 is 0. The molecule has 4 rings (SSSR count). The van der Waals surface area contributed by atoms with Gasteiger partial charge in [-0.15, -0.1) is 0 Å². The van der Waals surface area contributed by atoms with Crippen LogP contribution in [-0.4, -0.2) is 10.9 Å². The van der Waals surface area contributed by atoms with Gasteiger partial charge in [-0.3, -0.25) is 9.78 Å². The van der Waals surface area contributed by atoms with Gasteiger partial charge in [0.2, 0.25) is 5.91 Å². The first-order valence-corrected chi connectivity index (χ1v) is 8.12. The highest BCUT2D eigenvalue weighted by atomic mass is 16.5. The van der Waals surface area contributed by atoms with Crippen molar-refractivity contribution in [2.75, 3.05) is 0 Å². The molecule has 1 amide bonds. The van der Waals surface area contributed by atoms with Gasteiger partial charge in [-0.25, -0.2) is 0 Å². The van der Waals surface area contributed by atoms with Crippen LogP contribution >= 0.6 is 0 Å². The third-order valence-corrected chi connectivity index (χ3v) is 4.18. The van der Waals surface area contributed by atoms with E-state index in [1.165, 1.54) is 0 Å². The van der Waals surface area contributed by atoms with E-state index in [1.807, 2.05) is 49.4 Å². The molecule has 0 atom stereocenters. The molecule has 0 fully saturated rings. The zero-order valence-electron chi connectivity index (χ0n) is 14.1. The van der Waals surface area contributed by atoms with Crippen LogP contribution in [0.5, 0.6) is 11.5 Å². The molecule has 128 valence electrons. The first-order chi connectivity index (χ1) is 12.6. The lowest BCUT2D eigenvalue weighted by molar-refractivity contribution is 0.0999. The second-order valence-electron chi connectivity index (χ2n) is 5.99. The van der Waals surface area contributed by atoms with Crippen LogP contribution in [0.25, 0.3) is 22.2 Å². The zero-order chi connectivity index (χ0) is 18.1. The largest absolute Gasteiger partial charge is 0.464 e. The van der Waals surface area contributed by atoms with Gasteiger partial charge in [-0.2, -0.15) is 0 Å². The molecule has 2 aromatic heterocycles. The Kier molecular flexibility index (Phi) is 3.89. The van der Waals surface area contributed by atoms with Crippen molar-refractivity contribution in [3.05, 3.63) is 78.2 Å². The molecular weight excluding hydrogens is 328 g/mol. The molecule has 2 aromatic carbocycles. The number of ether oxygens (including phenoxy) is 1. The van der Waals surface area contributed by atoms with Crippen LogP contribution in [0.1, 0.15) is 15.9 Å². The summed E-state index contributed by atoms with van der Waals surface area (Å²) in [6.45, 7) is 1.85. The van der Waals surface area contributed by atoms with E-state index < -0.39 is 5.91 Å². The number of fused-ring (bicyclic) bond motifs is 1. The fraction of sp³-hybridized carbons (Fsp3) is 0.0476. The van der Waals surface area contributed by atoms with E-state index in [-0.39, 0.29) is 0 Å². The van der Waals surface area contributed by atoms with Crippen LogP contribution < -0.4 is 10.5 Å². The number of benzene rings is 2. The lowest BCUT2D eigenvalue weighted by Gasteiger charge is -2.09. The SMILES string of the molecule is Cc1cc(-c2cc(Oc3ccc4occc4c3)ccn2)ccc1C(N)=O. The molecule has 0 saturated carbocycles. The molecule has 0 aliphatic heterocycles. The van der Waals surface area contributed by atoms with Crippen molar-refractivity contribution in [3.63, 3.8) is 0 Å². The Balaban J connectivity index is 1.64. The van der Waals surface area contributed by atoms with Crippen LogP contribution in [-0.2, 0) is 0 Å². The van der Waals surface area contributed by atoms with E-state index in [2.05, 4.69) is 4.98 Å². The Hall–Kier alpha value is -3.60. The van der Waals surface area contributed by atoms with Crippen molar-refractivity contribution >= 4 is 16.9 Å². The summed E-state index contributed by atoms with van der Waals surface area (Å²) in [7, 11) is 0. The summed E-state index contributed by atoms with van der Waals surface area (Å²) in [6, 6.07) is 16.6. The quantitative estimate of drug-likeness (QED) is 0.582. The molecule has 0 aliphatic rings. The number of aryl methyl sites for hydroxylation is 1.